The Hall–Kier alpha value is -0.830. The Morgan fingerprint density at radius 1 is 0.962 bits per heavy atom. The van der Waals surface area contributed by atoms with Gasteiger partial charge in [-0.3, -0.25) is 0 Å². The maximum atomic E-state index is 10.1. The minimum Gasteiger partial charge on any atom is -0.478 e. The summed E-state index contributed by atoms with van der Waals surface area (Å²) in [5.41, 5.74) is 6.35. The van der Waals surface area contributed by atoms with E-state index in [-0.39, 0.29) is 5.54 Å². The van der Waals surface area contributed by atoms with Gasteiger partial charge in [0.2, 0.25) is 0 Å². The summed E-state index contributed by atoms with van der Waals surface area (Å²) in [7, 11) is 0. The van der Waals surface area contributed by atoms with Gasteiger partial charge in [-0.1, -0.05) is 91.6 Å². The second kappa shape index (κ2) is 18.9. The fourth-order valence-electron chi connectivity index (χ4n) is 2.87. The molecule has 0 aromatic heterocycles. The third-order valence-electron chi connectivity index (χ3n) is 5.17. The van der Waals surface area contributed by atoms with Crippen LogP contribution in [0.1, 0.15) is 118 Å². The van der Waals surface area contributed by atoms with Gasteiger partial charge < -0.3 is 10.8 Å². The van der Waals surface area contributed by atoms with Crippen LogP contribution in [0.15, 0.2) is 12.2 Å². The SMILES string of the molecule is CCCCC(C)C(C)(N)CCCC.CCCCCCCCC=CC(=O)O. The number of allylic oxidation sites excluding steroid dienone is 1. The largest absolute Gasteiger partial charge is 0.478 e. The molecule has 0 amide bonds. The van der Waals surface area contributed by atoms with Gasteiger partial charge >= 0.3 is 5.97 Å². The first-order valence-corrected chi connectivity index (χ1v) is 11.0. The van der Waals surface area contributed by atoms with Crippen LogP contribution in [0, 0.1) is 5.92 Å². The van der Waals surface area contributed by atoms with E-state index < -0.39 is 5.97 Å². The van der Waals surface area contributed by atoms with Crippen LogP contribution in [0.3, 0.4) is 0 Å². The molecule has 3 N–H and O–H groups in total. The molecule has 0 aliphatic carbocycles. The molecule has 0 aliphatic heterocycles. The van der Waals surface area contributed by atoms with Crippen molar-refractivity contribution in [3.8, 4) is 0 Å². The van der Waals surface area contributed by atoms with Gasteiger partial charge in [-0.15, -0.1) is 0 Å². The highest BCUT2D eigenvalue weighted by Gasteiger charge is 2.24. The Kier molecular flexibility index (Phi) is 20.0. The molecule has 0 rings (SSSR count). The van der Waals surface area contributed by atoms with E-state index in [1.807, 2.05) is 0 Å². The van der Waals surface area contributed by atoms with Crippen molar-refractivity contribution in [1.82, 2.24) is 0 Å². The fraction of sp³-hybridized carbons (Fsp3) is 0.870. The molecule has 3 heteroatoms. The van der Waals surface area contributed by atoms with Gasteiger partial charge in [0.1, 0.15) is 0 Å². The predicted octanol–water partition coefficient (Wildman–Crippen LogP) is 7.10. The van der Waals surface area contributed by atoms with E-state index in [0.29, 0.717) is 5.92 Å². The number of aliphatic carboxylic acids is 1. The Morgan fingerprint density at radius 3 is 2.04 bits per heavy atom. The first kappa shape index (κ1) is 27.4. The van der Waals surface area contributed by atoms with Gasteiger partial charge in [0.25, 0.3) is 0 Å². The van der Waals surface area contributed by atoms with Crippen LogP contribution < -0.4 is 5.73 Å². The lowest BCUT2D eigenvalue weighted by Crippen LogP contribution is -2.42. The van der Waals surface area contributed by atoms with Crippen molar-refractivity contribution in [2.45, 2.75) is 124 Å². The molecule has 0 saturated carbocycles. The quantitative estimate of drug-likeness (QED) is 0.239. The maximum absolute atomic E-state index is 10.1. The van der Waals surface area contributed by atoms with Gasteiger partial charge in [-0.25, -0.2) is 4.79 Å². The Bertz CT molecular complexity index is 337. The number of nitrogens with two attached hydrogens (primary N) is 1. The number of carboxylic acids is 1. The van der Waals surface area contributed by atoms with E-state index >= 15 is 0 Å². The monoisotopic (exact) mass is 369 g/mol. The van der Waals surface area contributed by atoms with Crippen LogP contribution in [-0.2, 0) is 4.79 Å². The second-order valence-electron chi connectivity index (χ2n) is 7.95. The smallest absolute Gasteiger partial charge is 0.327 e. The van der Waals surface area contributed by atoms with Crippen molar-refractivity contribution < 1.29 is 9.90 Å². The van der Waals surface area contributed by atoms with Crippen LogP contribution in [0.25, 0.3) is 0 Å². The van der Waals surface area contributed by atoms with Crippen LogP contribution in [0.4, 0.5) is 0 Å². The highest BCUT2D eigenvalue weighted by atomic mass is 16.4. The number of carbonyl (C=O) groups is 1. The van der Waals surface area contributed by atoms with E-state index in [4.69, 9.17) is 10.8 Å². The Labute approximate surface area is 163 Å². The minimum atomic E-state index is -0.842. The van der Waals surface area contributed by atoms with E-state index in [1.54, 1.807) is 6.08 Å². The first-order valence-electron chi connectivity index (χ1n) is 11.0. The van der Waals surface area contributed by atoms with Gasteiger partial charge in [0.05, 0.1) is 0 Å². The van der Waals surface area contributed by atoms with Gasteiger partial charge in [0.15, 0.2) is 0 Å². The highest BCUT2D eigenvalue weighted by molar-refractivity contribution is 5.79. The number of unbranched alkanes of at least 4 members (excludes halogenated alkanes) is 8. The van der Waals surface area contributed by atoms with Crippen molar-refractivity contribution in [2.75, 3.05) is 0 Å². The molecule has 3 nitrogen and oxygen atoms in total. The number of rotatable bonds is 15. The molecule has 0 heterocycles. The molecule has 0 saturated heterocycles. The molecular weight excluding hydrogens is 322 g/mol. The topological polar surface area (TPSA) is 63.3 Å². The van der Waals surface area contributed by atoms with Crippen molar-refractivity contribution in [2.24, 2.45) is 11.7 Å². The average Bonchev–Trinajstić information content (AvgIpc) is 2.60. The summed E-state index contributed by atoms with van der Waals surface area (Å²) >= 11 is 0. The summed E-state index contributed by atoms with van der Waals surface area (Å²) in [6.07, 6.45) is 19.0. The molecule has 0 aliphatic rings. The third kappa shape index (κ3) is 19.5. The molecule has 2 unspecified atom stereocenters. The summed E-state index contributed by atoms with van der Waals surface area (Å²) in [5, 5.41) is 8.30. The molecule has 2 atom stereocenters. The number of hydrogen-bond donors (Lipinski definition) is 2. The second-order valence-corrected chi connectivity index (χ2v) is 7.95. The van der Waals surface area contributed by atoms with Crippen molar-refractivity contribution in [3.63, 3.8) is 0 Å². The average molecular weight is 370 g/mol. The summed E-state index contributed by atoms with van der Waals surface area (Å²) in [5.74, 6) is -0.176. The standard InChI is InChI=1S/C12H27N.C11H20O2/c1-5-7-9-11(3)12(4,13)10-8-6-2;1-2-3-4-5-6-7-8-9-10-11(12)13/h11H,5-10,13H2,1-4H3;9-10H,2-8H2,1H3,(H,12,13). The van der Waals surface area contributed by atoms with E-state index in [1.165, 1.54) is 76.7 Å². The zero-order valence-corrected chi connectivity index (χ0v) is 18.4. The molecule has 0 spiro atoms. The predicted molar refractivity (Wildman–Crippen MR) is 116 cm³/mol. The Morgan fingerprint density at radius 2 is 1.50 bits per heavy atom. The highest BCUT2D eigenvalue weighted by Crippen LogP contribution is 2.24. The lowest BCUT2D eigenvalue weighted by Gasteiger charge is -2.31. The Balaban J connectivity index is 0. The lowest BCUT2D eigenvalue weighted by molar-refractivity contribution is -0.131. The molecule has 0 bridgehead atoms. The summed E-state index contributed by atoms with van der Waals surface area (Å²) in [4.78, 5) is 10.1. The fourth-order valence-corrected chi connectivity index (χ4v) is 2.87. The molecule has 0 radical (unpaired) electrons. The number of carboxylic acid groups (broad SMARTS) is 1. The lowest BCUT2D eigenvalue weighted by atomic mass is 9.81. The van der Waals surface area contributed by atoms with E-state index in [9.17, 15) is 4.79 Å². The summed E-state index contributed by atoms with van der Waals surface area (Å²) in [6.45, 7) is 11.2. The summed E-state index contributed by atoms with van der Waals surface area (Å²) in [6, 6.07) is 0. The van der Waals surface area contributed by atoms with Gasteiger partial charge in [-0.2, -0.15) is 0 Å². The van der Waals surface area contributed by atoms with Crippen molar-refractivity contribution >= 4 is 5.97 Å². The molecule has 0 aromatic rings. The summed E-state index contributed by atoms with van der Waals surface area (Å²) < 4.78 is 0. The van der Waals surface area contributed by atoms with Crippen molar-refractivity contribution in [1.29, 1.82) is 0 Å². The zero-order chi connectivity index (χ0) is 20.3. The van der Waals surface area contributed by atoms with Crippen molar-refractivity contribution in [3.05, 3.63) is 12.2 Å². The van der Waals surface area contributed by atoms with Crippen LogP contribution in [0.2, 0.25) is 0 Å². The maximum Gasteiger partial charge on any atom is 0.327 e. The van der Waals surface area contributed by atoms with Gasteiger partial charge in [-0.05, 0) is 38.5 Å². The molecule has 26 heavy (non-hydrogen) atoms. The minimum absolute atomic E-state index is 0.0607. The first-order chi connectivity index (χ1) is 12.3. The zero-order valence-electron chi connectivity index (χ0n) is 18.4. The molecule has 0 aromatic carbocycles. The van der Waals surface area contributed by atoms with Gasteiger partial charge in [0, 0.05) is 11.6 Å². The molecule has 156 valence electrons. The van der Waals surface area contributed by atoms with E-state index in [0.717, 1.165) is 12.8 Å². The normalized spacial score (nSPS) is 14.5. The molecule has 0 fully saturated rings. The van der Waals surface area contributed by atoms with Crippen LogP contribution >= 0.6 is 0 Å². The van der Waals surface area contributed by atoms with Crippen LogP contribution in [-0.4, -0.2) is 16.6 Å². The van der Waals surface area contributed by atoms with E-state index in [2.05, 4.69) is 34.6 Å². The number of hydrogen-bond acceptors (Lipinski definition) is 2. The third-order valence-corrected chi connectivity index (χ3v) is 5.17. The molecular formula is C23H47NO2. The van der Waals surface area contributed by atoms with Crippen LogP contribution in [0.5, 0.6) is 0 Å².